The summed E-state index contributed by atoms with van der Waals surface area (Å²) < 4.78 is 6.04. The Bertz CT molecular complexity index is 779. The zero-order valence-corrected chi connectivity index (χ0v) is 16.8. The van der Waals surface area contributed by atoms with E-state index in [1.54, 1.807) is 0 Å². The van der Waals surface area contributed by atoms with Crippen LogP contribution in [0.15, 0.2) is 6.07 Å². The number of nitrogens with zero attached hydrogens (tertiary/aromatic N) is 5. The lowest BCUT2D eigenvalue weighted by molar-refractivity contribution is 0.0953. The van der Waals surface area contributed by atoms with E-state index in [1.807, 2.05) is 0 Å². The van der Waals surface area contributed by atoms with Gasteiger partial charge < -0.3 is 5.32 Å². The van der Waals surface area contributed by atoms with Gasteiger partial charge in [0.1, 0.15) is 4.88 Å². The van der Waals surface area contributed by atoms with Crippen molar-refractivity contribution in [2.24, 2.45) is 0 Å². The van der Waals surface area contributed by atoms with Crippen molar-refractivity contribution in [1.29, 1.82) is 0 Å². The van der Waals surface area contributed by atoms with Gasteiger partial charge in [0, 0.05) is 19.1 Å². The van der Waals surface area contributed by atoms with Gasteiger partial charge in [-0.2, -0.15) is 5.10 Å². The van der Waals surface area contributed by atoms with Gasteiger partial charge in [0.25, 0.3) is 5.91 Å². The van der Waals surface area contributed by atoms with E-state index in [-0.39, 0.29) is 5.91 Å². The Balaban J connectivity index is 1.35. The number of rotatable bonds is 6. The van der Waals surface area contributed by atoms with Crippen LogP contribution in [0, 0.1) is 0 Å². The van der Waals surface area contributed by atoms with Gasteiger partial charge in [-0.3, -0.25) is 14.4 Å². The second-order valence-electron chi connectivity index (χ2n) is 7.59. The van der Waals surface area contributed by atoms with Gasteiger partial charge in [0.05, 0.1) is 30.2 Å². The molecular weight excluding hydrogens is 360 g/mol. The maximum absolute atomic E-state index is 12.5. The van der Waals surface area contributed by atoms with E-state index < -0.39 is 0 Å². The second-order valence-corrected chi connectivity index (χ2v) is 8.35. The number of fused-ring (bicyclic) bond motifs is 1. The van der Waals surface area contributed by atoms with Crippen molar-refractivity contribution in [3.05, 3.63) is 28.0 Å². The van der Waals surface area contributed by atoms with E-state index in [4.69, 9.17) is 0 Å². The van der Waals surface area contributed by atoms with E-state index in [0.717, 1.165) is 49.9 Å². The minimum atomic E-state index is -0.0942. The topological polar surface area (TPSA) is 75.9 Å². The van der Waals surface area contributed by atoms with E-state index in [2.05, 4.69) is 42.6 Å². The van der Waals surface area contributed by atoms with Crippen molar-refractivity contribution in [2.75, 3.05) is 6.54 Å². The predicted octanol–water partition coefficient (Wildman–Crippen LogP) is 2.77. The average Bonchev–Trinajstić information content (AvgIpc) is 3.33. The zero-order valence-electron chi connectivity index (χ0n) is 16.0. The summed E-state index contributed by atoms with van der Waals surface area (Å²) in [7, 11) is 0. The summed E-state index contributed by atoms with van der Waals surface area (Å²) in [5.74, 6) is -0.0942. The first-order chi connectivity index (χ1) is 13.2. The molecule has 0 spiro atoms. The highest BCUT2D eigenvalue weighted by Crippen LogP contribution is 2.26. The number of carbonyl (C=O) groups is 1. The van der Waals surface area contributed by atoms with Crippen LogP contribution in [-0.2, 0) is 26.1 Å². The highest BCUT2D eigenvalue weighted by atomic mass is 32.1. The molecule has 0 bridgehead atoms. The smallest absolute Gasteiger partial charge is 0.265 e. The molecule has 1 saturated carbocycles. The van der Waals surface area contributed by atoms with Crippen LogP contribution in [0.3, 0.4) is 0 Å². The molecule has 3 heterocycles. The van der Waals surface area contributed by atoms with Crippen molar-refractivity contribution in [3.8, 4) is 0 Å². The molecule has 0 aromatic carbocycles. The summed E-state index contributed by atoms with van der Waals surface area (Å²) >= 11 is 1.17. The maximum Gasteiger partial charge on any atom is 0.265 e. The van der Waals surface area contributed by atoms with Crippen LogP contribution in [0.2, 0.25) is 0 Å². The Hall–Kier alpha value is -1.80. The normalized spacial score (nSPS) is 18.4. The molecule has 1 fully saturated rings. The number of hydrogen-bond donors (Lipinski definition) is 1. The fourth-order valence-corrected chi connectivity index (χ4v) is 4.85. The lowest BCUT2D eigenvalue weighted by atomic mass is 9.94. The molecular formula is C19H28N6OS. The van der Waals surface area contributed by atoms with E-state index in [9.17, 15) is 4.79 Å². The zero-order chi connectivity index (χ0) is 18.6. The van der Waals surface area contributed by atoms with Crippen LogP contribution in [0.5, 0.6) is 0 Å². The summed E-state index contributed by atoms with van der Waals surface area (Å²) in [6, 6.07) is 2.88. The van der Waals surface area contributed by atoms with Gasteiger partial charge in [-0.15, -0.1) is 5.10 Å². The molecule has 0 unspecified atom stereocenters. The lowest BCUT2D eigenvalue weighted by Gasteiger charge is -2.36. The van der Waals surface area contributed by atoms with Crippen LogP contribution in [0.25, 0.3) is 0 Å². The number of amides is 1. The minimum absolute atomic E-state index is 0.0942. The third-order valence-electron chi connectivity index (χ3n) is 5.65. The first kappa shape index (κ1) is 18.6. The quantitative estimate of drug-likeness (QED) is 0.823. The standard InChI is InChI=1S/C19H28N6OS/c1-2-6-17-18(27-23-21-17)19(26)20-12-14-11-16-13-24(9-10-25(16)22-14)15-7-4-3-5-8-15/h11,15H,2-10,12-13H2,1H3,(H,20,26). The summed E-state index contributed by atoms with van der Waals surface area (Å²) in [5, 5.41) is 11.7. The molecule has 4 rings (SSSR count). The van der Waals surface area contributed by atoms with E-state index in [1.165, 1.54) is 49.3 Å². The van der Waals surface area contributed by atoms with Crippen molar-refractivity contribution in [3.63, 3.8) is 0 Å². The number of aromatic nitrogens is 4. The minimum Gasteiger partial charge on any atom is -0.346 e. The van der Waals surface area contributed by atoms with Crippen LogP contribution >= 0.6 is 11.5 Å². The molecule has 1 amide bonds. The van der Waals surface area contributed by atoms with Crippen LogP contribution in [0.4, 0.5) is 0 Å². The summed E-state index contributed by atoms with van der Waals surface area (Å²) in [6.07, 6.45) is 8.53. The van der Waals surface area contributed by atoms with Crippen LogP contribution in [0.1, 0.15) is 72.2 Å². The van der Waals surface area contributed by atoms with Gasteiger partial charge in [0.2, 0.25) is 0 Å². The Morgan fingerprint density at radius 3 is 2.96 bits per heavy atom. The van der Waals surface area contributed by atoms with Crippen molar-refractivity contribution >= 4 is 17.4 Å². The maximum atomic E-state index is 12.5. The van der Waals surface area contributed by atoms with Crippen molar-refractivity contribution in [1.82, 2.24) is 29.6 Å². The molecule has 0 atom stereocenters. The fourth-order valence-electron chi connectivity index (χ4n) is 4.22. The van der Waals surface area contributed by atoms with Gasteiger partial charge in [0.15, 0.2) is 0 Å². The van der Waals surface area contributed by atoms with Crippen molar-refractivity contribution in [2.45, 2.75) is 77.5 Å². The molecule has 0 saturated heterocycles. The highest BCUT2D eigenvalue weighted by Gasteiger charge is 2.26. The molecule has 27 heavy (non-hydrogen) atoms. The molecule has 2 aromatic heterocycles. The monoisotopic (exact) mass is 388 g/mol. The Morgan fingerprint density at radius 1 is 1.30 bits per heavy atom. The lowest BCUT2D eigenvalue weighted by Crippen LogP contribution is -2.42. The fraction of sp³-hybridized carbons (Fsp3) is 0.684. The summed E-state index contributed by atoms with van der Waals surface area (Å²) in [4.78, 5) is 15.7. The number of aryl methyl sites for hydroxylation is 1. The number of hydrogen-bond acceptors (Lipinski definition) is 6. The Kier molecular flexibility index (Phi) is 5.83. The Morgan fingerprint density at radius 2 is 2.15 bits per heavy atom. The number of nitrogens with one attached hydrogen (secondary N) is 1. The third kappa shape index (κ3) is 4.21. The molecule has 1 aliphatic carbocycles. The van der Waals surface area contributed by atoms with E-state index in [0.29, 0.717) is 11.4 Å². The number of carbonyl (C=O) groups excluding carboxylic acids is 1. The third-order valence-corrected chi connectivity index (χ3v) is 6.41. The SMILES string of the molecule is CCCc1nnsc1C(=O)NCc1cc2n(n1)CCN(C1CCCCC1)C2. The molecule has 146 valence electrons. The van der Waals surface area contributed by atoms with Crippen LogP contribution in [-0.4, -0.2) is 42.8 Å². The predicted molar refractivity (Wildman–Crippen MR) is 105 cm³/mol. The van der Waals surface area contributed by atoms with Crippen LogP contribution < -0.4 is 5.32 Å². The van der Waals surface area contributed by atoms with Gasteiger partial charge in [-0.1, -0.05) is 37.1 Å². The largest absolute Gasteiger partial charge is 0.346 e. The molecule has 1 N–H and O–H groups in total. The Labute approximate surface area is 164 Å². The molecule has 2 aromatic rings. The molecule has 8 heteroatoms. The van der Waals surface area contributed by atoms with Crippen molar-refractivity contribution < 1.29 is 4.79 Å². The van der Waals surface area contributed by atoms with Gasteiger partial charge in [-0.05, 0) is 36.9 Å². The van der Waals surface area contributed by atoms with Gasteiger partial charge in [-0.25, -0.2) is 0 Å². The highest BCUT2D eigenvalue weighted by molar-refractivity contribution is 7.08. The summed E-state index contributed by atoms with van der Waals surface area (Å²) in [6.45, 7) is 5.53. The molecule has 2 aliphatic rings. The summed E-state index contributed by atoms with van der Waals surface area (Å²) in [5.41, 5.74) is 2.99. The second kappa shape index (κ2) is 8.48. The first-order valence-corrected chi connectivity index (χ1v) is 10.9. The van der Waals surface area contributed by atoms with E-state index >= 15 is 0 Å². The molecule has 1 aliphatic heterocycles. The molecule has 0 radical (unpaired) electrons. The van der Waals surface area contributed by atoms with Gasteiger partial charge >= 0.3 is 0 Å². The average molecular weight is 389 g/mol. The first-order valence-electron chi connectivity index (χ1n) is 10.1. The molecule has 7 nitrogen and oxygen atoms in total.